The molecule has 0 unspecified atom stereocenters. The minimum atomic E-state index is -0.561. The molecule has 1 amide bonds. The summed E-state index contributed by atoms with van der Waals surface area (Å²) in [5, 5.41) is 11.9. The molecule has 132 valence electrons. The van der Waals surface area contributed by atoms with Gasteiger partial charge in [-0.2, -0.15) is 0 Å². The Morgan fingerprint density at radius 1 is 1.44 bits per heavy atom. The number of nitrogens with one attached hydrogen (secondary N) is 2. The molecular formula is C18H22N4O2S. The number of hydrogen-bond donors (Lipinski definition) is 3. The molecule has 3 rings (SSSR count). The quantitative estimate of drug-likeness (QED) is 0.420. The van der Waals surface area contributed by atoms with E-state index < -0.39 is 5.91 Å². The molecule has 0 radical (unpaired) electrons. The van der Waals surface area contributed by atoms with Crippen molar-refractivity contribution >= 4 is 29.1 Å². The maximum Gasteiger partial charge on any atom is 0.267 e. The van der Waals surface area contributed by atoms with Crippen molar-refractivity contribution in [1.82, 2.24) is 15.4 Å². The molecule has 0 aliphatic carbocycles. The Labute approximate surface area is 151 Å². The number of aryl methyl sites for hydroxylation is 1. The largest absolute Gasteiger partial charge is 0.366 e. The highest BCUT2D eigenvalue weighted by Crippen LogP contribution is 2.21. The predicted molar refractivity (Wildman–Crippen MR) is 99.6 cm³/mol. The van der Waals surface area contributed by atoms with E-state index in [0.29, 0.717) is 6.04 Å². The highest BCUT2D eigenvalue weighted by atomic mass is 32.1. The molecule has 3 heterocycles. The molecule has 2 aromatic heterocycles. The molecule has 0 aromatic carbocycles. The van der Waals surface area contributed by atoms with Gasteiger partial charge in [-0.25, -0.2) is 10.5 Å². The van der Waals surface area contributed by atoms with E-state index in [1.54, 1.807) is 17.8 Å². The topological polar surface area (TPSA) is 77.5 Å². The summed E-state index contributed by atoms with van der Waals surface area (Å²) in [5.41, 5.74) is 2.36. The first kappa shape index (κ1) is 17.6. The number of likely N-dealkylation sites (tertiary alicyclic amines) is 1. The minimum absolute atomic E-state index is 0.398. The van der Waals surface area contributed by atoms with Gasteiger partial charge in [0.15, 0.2) is 0 Å². The SMILES string of the molecule is Cc1ccc(CN2CC[C@@H](Nc3ccc(C=CC(=O)NO)cn3)C2)s1. The summed E-state index contributed by atoms with van der Waals surface area (Å²) in [7, 11) is 0. The summed E-state index contributed by atoms with van der Waals surface area (Å²) >= 11 is 1.86. The summed E-state index contributed by atoms with van der Waals surface area (Å²) in [6.07, 6.45) is 5.66. The Bertz CT molecular complexity index is 742. The van der Waals surface area contributed by atoms with Crippen LogP contribution in [0.3, 0.4) is 0 Å². The Morgan fingerprint density at radius 3 is 3.00 bits per heavy atom. The van der Waals surface area contributed by atoms with Gasteiger partial charge >= 0.3 is 0 Å². The number of anilines is 1. The van der Waals surface area contributed by atoms with Gasteiger partial charge in [0.25, 0.3) is 5.91 Å². The number of rotatable bonds is 6. The van der Waals surface area contributed by atoms with E-state index in [9.17, 15) is 4.79 Å². The summed E-state index contributed by atoms with van der Waals surface area (Å²) in [6, 6.07) is 8.58. The van der Waals surface area contributed by atoms with Crippen LogP contribution in [0.1, 0.15) is 21.7 Å². The van der Waals surface area contributed by atoms with E-state index in [4.69, 9.17) is 5.21 Å². The Hall–Kier alpha value is -2.22. The number of hydrogen-bond acceptors (Lipinski definition) is 6. The molecule has 3 N–H and O–H groups in total. The van der Waals surface area contributed by atoms with Gasteiger partial charge < -0.3 is 5.32 Å². The third-order valence-electron chi connectivity index (χ3n) is 4.12. The van der Waals surface area contributed by atoms with Crippen molar-refractivity contribution in [2.75, 3.05) is 18.4 Å². The monoisotopic (exact) mass is 358 g/mol. The second kappa shape index (κ2) is 8.24. The molecule has 0 bridgehead atoms. The first-order valence-electron chi connectivity index (χ1n) is 8.25. The van der Waals surface area contributed by atoms with Gasteiger partial charge in [-0.3, -0.25) is 14.9 Å². The van der Waals surface area contributed by atoms with Crippen LogP contribution in [-0.2, 0) is 11.3 Å². The summed E-state index contributed by atoms with van der Waals surface area (Å²) in [6.45, 7) is 5.26. The zero-order valence-electron chi connectivity index (χ0n) is 14.1. The van der Waals surface area contributed by atoms with Crippen LogP contribution in [0.4, 0.5) is 5.82 Å². The molecule has 1 atom stereocenters. The fourth-order valence-corrected chi connectivity index (χ4v) is 3.83. The Balaban J connectivity index is 1.49. The van der Waals surface area contributed by atoms with Crippen LogP contribution in [0.2, 0.25) is 0 Å². The van der Waals surface area contributed by atoms with Gasteiger partial charge in [0.1, 0.15) is 5.82 Å². The van der Waals surface area contributed by atoms with Crippen LogP contribution in [0, 0.1) is 6.92 Å². The second-order valence-corrected chi connectivity index (χ2v) is 7.54. The van der Waals surface area contributed by atoms with Crippen molar-refractivity contribution in [1.29, 1.82) is 0 Å². The molecule has 1 aliphatic rings. The highest BCUT2D eigenvalue weighted by molar-refractivity contribution is 7.11. The molecule has 1 aliphatic heterocycles. The second-order valence-electron chi connectivity index (χ2n) is 6.16. The third kappa shape index (κ3) is 5.12. The van der Waals surface area contributed by atoms with E-state index >= 15 is 0 Å². The number of carbonyl (C=O) groups excluding carboxylic acids is 1. The molecule has 0 saturated carbocycles. The number of aromatic nitrogens is 1. The van der Waals surface area contributed by atoms with Gasteiger partial charge in [0.05, 0.1) is 0 Å². The van der Waals surface area contributed by atoms with Crippen LogP contribution in [0.5, 0.6) is 0 Å². The van der Waals surface area contributed by atoms with Gasteiger partial charge in [-0.05, 0) is 49.2 Å². The lowest BCUT2D eigenvalue weighted by Gasteiger charge is -2.16. The maximum absolute atomic E-state index is 11.0. The number of hydroxylamine groups is 1. The number of nitrogens with zero attached hydrogens (tertiary/aromatic N) is 2. The smallest absolute Gasteiger partial charge is 0.267 e. The number of amides is 1. The molecule has 2 aromatic rings. The zero-order valence-corrected chi connectivity index (χ0v) is 14.9. The van der Waals surface area contributed by atoms with E-state index in [-0.39, 0.29) is 0 Å². The number of pyridine rings is 1. The van der Waals surface area contributed by atoms with Gasteiger partial charge in [-0.1, -0.05) is 0 Å². The maximum atomic E-state index is 11.0. The van der Waals surface area contributed by atoms with Gasteiger partial charge in [-0.15, -0.1) is 11.3 Å². The minimum Gasteiger partial charge on any atom is -0.366 e. The van der Waals surface area contributed by atoms with Crippen molar-refractivity contribution in [2.45, 2.75) is 25.9 Å². The predicted octanol–water partition coefficient (Wildman–Crippen LogP) is 2.66. The van der Waals surface area contributed by atoms with Crippen molar-refractivity contribution in [2.24, 2.45) is 0 Å². The molecule has 7 heteroatoms. The van der Waals surface area contributed by atoms with Crippen molar-refractivity contribution in [3.05, 3.63) is 51.9 Å². The van der Waals surface area contributed by atoms with Crippen LogP contribution in [-0.4, -0.2) is 40.1 Å². The average molecular weight is 358 g/mol. The molecule has 25 heavy (non-hydrogen) atoms. The van der Waals surface area contributed by atoms with E-state index in [1.165, 1.54) is 15.8 Å². The standard InChI is InChI=1S/C18H22N4O2S/c1-13-2-5-16(25-13)12-22-9-8-15(11-22)20-17-6-3-14(10-19-17)4-7-18(23)21-24/h2-7,10,15,24H,8-9,11-12H2,1H3,(H,19,20)(H,21,23)/t15-/m1/s1. The van der Waals surface area contributed by atoms with Crippen LogP contribution < -0.4 is 10.8 Å². The van der Waals surface area contributed by atoms with Crippen molar-refractivity contribution in [3.63, 3.8) is 0 Å². The highest BCUT2D eigenvalue weighted by Gasteiger charge is 2.22. The van der Waals surface area contributed by atoms with Gasteiger partial charge in [0, 0.05) is 47.7 Å². The number of carbonyl (C=O) groups is 1. The fraction of sp³-hybridized carbons (Fsp3) is 0.333. The normalized spacial score (nSPS) is 17.9. The van der Waals surface area contributed by atoms with E-state index in [1.807, 2.05) is 23.5 Å². The lowest BCUT2D eigenvalue weighted by atomic mass is 10.2. The van der Waals surface area contributed by atoms with Gasteiger partial charge in [0.2, 0.25) is 0 Å². The molecule has 1 fully saturated rings. The first-order chi connectivity index (χ1) is 12.1. The Morgan fingerprint density at radius 2 is 2.32 bits per heavy atom. The molecule has 6 nitrogen and oxygen atoms in total. The van der Waals surface area contributed by atoms with Crippen LogP contribution >= 0.6 is 11.3 Å². The fourth-order valence-electron chi connectivity index (χ4n) is 2.89. The van der Waals surface area contributed by atoms with E-state index in [2.05, 4.69) is 34.3 Å². The van der Waals surface area contributed by atoms with Crippen LogP contribution in [0.25, 0.3) is 6.08 Å². The summed E-state index contributed by atoms with van der Waals surface area (Å²) < 4.78 is 0. The van der Waals surface area contributed by atoms with Crippen LogP contribution in [0.15, 0.2) is 36.5 Å². The molecular weight excluding hydrogens is 336 g/mol. The average Bonchev–Trinajstić information content (AvgIpc) is 3.23. The molecule has 0 spiro atoms. The number of thiophene rings is 1. The lowest BCUT2D eigenvalue weighted by molar-refractivity contribution is -0.124. The first-order valence-corrected chi connectivity index (χ1v) is 9.06. The Kier molecular flexibility index (Phi) is 5.80. The summed E-state index contributed by atoms with van der Waals surface area (Å²) in [5.74, 6) is 0.275. The van der Waals surface area contributed by atoms with Crippen molar-refractivity contribution in [3.8, 4) is 0 Å². The van der Waals surface area contributed by atoms with E-state index in [0.717, 1.165) is 37.4 Å². The lowest BCUT2D eigenvalue weighted by Crippen LogP contribution is -2.26. The third-order valence-corrected chi connectivity index (χ3v) is 5.11. The molecule has 1 saturated heterocycles. The van der Waals surface area contributed by atoms with Crippen molar-refractivity contribution < 1.29 is 10.0 Å². The summed E-state index contributed by atoms with van der Waals surface area (Å²) in [4.78, 5) is 20.6. The zero-order chi connectivity index (χ0) is 17.6.